The number of carbonyl (C=O) groups excluding carboxylic acids is 4. The second kappa shape index (κ2) is 11.7. The van der Waals surface area contributed by atoms with Gasteiger partial charge in [0.05, 0.1) is 42.2 Å². The summed E-state index contributed by atoms with van der Waals surface area (Å²) in [7, 11) is 2.42. The SMILES string of the molecule is COC(=O)c1ccc([C@@H]2C(C#N)=C(SCC(=O)N(C(C)C)C(C)C)NC(=O)[C@@H]2C(=O)OC)cc1. The number of hydrogen-bond acceptors (Lipinski definition) is 8. The molecule has 0 radical (unpaired) electrons. The Hall–Kier alpha value is -3.32. The molecule has 1 aliphatic heterocycles. The zero-order valence-corrected chi connectivity index (χ0v) is 20.9. The third kappa shape index (κ3) is 5.78. The number of thioether (sulfide) groups is 1. The number of rotatable bonds is 8. The fraction of sp³-hybridized carbons (Fsp3) is 0.458. The molecule has 0 aliphatic carbocycles. The van der Waals surface area contributed by atoms with Gasteiger partial charge in [0.25, 0.3) is 0 Å². The Bertz CT molecular complexity index is 1020. The number of amides is 2. The number of ether oxygens (including phenoxy) is 2. The van der Waals surface area contributed by atoms with Crippen molar-refractivity contribution in [2.45, 2.75) is 45.7 Å². The fourth-order valence-electron chi connectivity index (χ4n) is 4.00. The molecule has 0 aromatic heterocycles. The quantitative estimate of drug-likeness (QED) is 0.438. The van der Waals surface area contributed by atoms with Crippen molar-refractivity contribution in [3.63, 3.8) is 0 Å². The van der Waals surface area contributed by atoms with Crippen molar-refractivity contribution in [2.24, 2.45) is 5.92 Å². The second-order valence-corrected chi connectivity index (χ2v) is 9.20. The minimum atomic E-state index is -1.30. The highest BCUT2D eigenvalue weighted by Gasteiger charge is 2.44. The molecule has 182 valence electrons. The van der Waals surface area contributed by atoms with Crippen molar-refractivity contribution >= 4 is 35.5 Å². The Labute approximate surface area is 203 Å². The Morgan fingerprint density at radius 2 is 1.68 bits per heavy atom. The van der Waals surface area contributed by atoms with Gasteiger partial charge in [0.2, 0.25) is 11.8 Å². The monoisotopic (exact) mass is 487 g/mol. The van der Waals surface area contributed by atoms with Crippen LogP contribution in [-0.4, -0.2) is 60.7 Å². The average molecular weight is 488 g/mol. The summed E-state index contributed by atoms with van der Waals surface area (Å²) in [5.41, 5.74) is 0.899. The largest absolute Gasteiger partial charge is 0.468 e. The van der Waals surface area contributed by atoms with Gasteiger partial charge in [-0.1, -0.05) is 23.9 Å². The third-order valence-electron chi connectivity index (χ3n) is 5.42. The molecule has 10 heteroatoms. The van der Waals surface area contributed by atoms with Crippen LogP contribution < -0.4 is 5.32 Å². The van der Waals surface area contributed by atoms with Gasteiger partial charge < -0.3 is 19.7 Å². The summed E-state index contributed by atoms with van der Waals surface area (Å²) >= 11 is 1.04. The van der Waals surface area contributed by atoms with E-state index in [1.807, 2.05) is 27.7 Å². The van der Waals surface area contributed by atoms with Crippen LogP contribution in [0.4, 0.5) is 0 Å². The molecule has 1 aromatic rings. The highest BCUT2D eigenvalue weighted by molar-refractivity contribution is 8.03. The van der Waals surface area contributed by atoms with Crippen molar-refractivity contribution in [3.05, 3.63) is 46.0 Å². The summed E-state index contributed by atoms with van der Waals surface area (Å²) in [6.45, 7) is 7.67. The fourth-order valence-corrected chi connectivity index (χ4v) is 4.92. The van der Waals surface area contributed by atoms with E-state index in [0.29, 0.717) is 5.56 Å². The molecule has 34 heavy (non-hydrogen) atoms. The maximum Gasteiger partial charge on any atom is 0.337 e. The number of allylic oxidation sites excluding steroid dienone is 1. The highest BCUT2D eigenvalue weighted by Crippen LogP contribution is 2.40. The van der Waals surface area contributed by atoms with Crippen LogP contribution >= 0.6 is 11.8 Å². The molecule has 0 saturated carbocycles. The van der Waals surface area contributed by atoms with E-state index in [2.05, 4.69) is 11.4 Å². The number of nitrogens with one attached hydrogen (secondary N) is 1. The Morgan fingerprint density at radius 3 is 2.15 bits per heavy atom. The number of hydrogen-bond donors (Lipinski definition) is 1. The molecule has 0 saturated heterocycles. The van der Waals surface area contributed by atoms with E-state index in [1.54, 1.807) is 17.0 Å². The third-order valence-corrected chi connectivity index (χ3v) is 6.42. The average Bonchev–Trinajstić information content (AvgIpc) is 2.80. The molecule has 9 nitrogen and oxygen atoms in total. The van der Waals surface area contributed by atoms with E-state index in [4.69, 9.17) is 9.47 Å². The molecule has 1 heterocycles. The molecule has 0 unspecified atom stereocenters. The number of nitrogens with zero attached hydrogens (tertiary/aromatic N) is 2. The predicted molar refractivity (Wildman–Crippen MR) is 126 cm³/mol. The van der Waals surface area contributed by atoms with Gasteiger partial charge in [0.15, 0.2) is 0 Å². The van der Waals surface area contributed by atoms with E-state index in [0.717, 1.165) is 18.9 Å². The zero-order valence-electron chi connectivity index (χ0n) is 20.1. The van der Waals surface area contributed by atoms with Crippen LogP contribution in [0.15, 0.2) is 34.9 Å². The molecular formula is C24H29N3O6S. The predicted octanol–water partition coefficient (Wildman–Crippen LogP) is 2.59. The molecule has 0 bridgehead atoms. The number of carbonyl (C=O) groups is 4. The van der Waals surface area contributed by atoms with Crippen molar-refractivity contribution in [1.82, 2.24) is 10.2 Å². The van der Waals surface area contributed by atoms with E-state index < -0.39 is 29.7 Å². The first-order valence-electron chi connectivity index (χ1n) is 10.7. The summed E-state index contributed by atoms with van der Waals surface area (Å²) < 4.78 is 9.53. The van der Waals surface area contributed by atoms with Crippen molar-refractivity contribution in [2.75, 3.05) is 20.0 Å². The Morgan fingerprint density at radius 1 is 1.09 bits per heavy atom. The first kappa shape index (κ1) is 26.9. The van der Waals surface area contributed by atoms with Crippen molar-refractivity contribution < 1.29 is 28.7 Å². The number of methoxy groups -OCH3 is 2. The number of benzene rings is 1. The topological polar surface area (TPSA) is 126 Å². The lowest BCUT2D eigenvalue weighted by Crippen LogP contribution is -2.45. The van der Waals surface area contributed by atoms with Crippen molar-refractivity contribution in [3.8, 4) is 6.07 Å². The van der Waals surface area contributed by atoms with Gasteiger partial charge in [-0.3, -0.25) is 14.4 Å². The molecular weight excluding hydrogens is 458 g/mol. The van der Waals surface area contributed by atoms with Gasteiger partial charge in [-0.2, -0.15) is 5.26 Å². The van der Waals surface area contributed by atoms with Crippen molar-refractivity contribution in [1.29, 1.82) is 5.26 Å². The van der Waals surface area contributed by atoms with Crippen LogP contribution in [0.3, 0.4) is 0 Å². The molecule has 0 fully saturated rings. The summed E-state index contributed by atoms with van der Waals surface area (Å²) in [5, 5.41) is 12.8. The standard InChI is InChI=1S/C24H29N3O6S/c1-13(2)27(14(3)4)18(28)12-34-22-17(11-25)19(20(21(29)26-22)24(31)33-6)15-7-9-16(10-8-15)23(30)32-5/h7-10,13-14,19-20H,12H2,1-6H3,(H,26,29)/t19-,20-/m1/s1. The normalized spacial score (nSPS) is 17.8. The Balaban J connectivity index is 2.48. The van der Waals surface area contributed by atoms with Gasteiger partial charge in [-0.05, 0) is 45.4 Å². The van der Waals surface area contributed by atoms with Gasteiger partial charge in [-0.15, -0.1) is 0 Å². The van der Waals surface area contributed by atoms with Gasteiger partial charge in [0, 0.05) is 18.0 Å². The smallest absolute Gasteiger partial charge is 0.337 e. The number of nitriles is 1. The number of esters is 2. The van der Waals surface area contributed by atoms with Gasteiger partial charge >= 0.3 is 11.9 Å². The van der Waals surface area contributed by atoms with E-state index in [-0.39, 0.29) is 39.9 Å². The van der Waals surface area contributed by atoms with Crippen LogP contribution in [0.1, 0.15) is 49.5 Å². The van der Waals surface area contributed by atoms with Gasteiger partial charge in [0.1, 0.15) is 5.92 Å². The molecule has 1 aromatic carbocycles. The zero-order chi connectivity index (χ0) is 25.6. The van der Waals surface area contributed by atoms with E-state index in [1.165, 1.54) is 19.2 Å². The van der Waals surface area contributed by atoms with Crippen LogP contribution in [0.25, 0.3) is 0 Å². The summed E-state index contributed by atoms with van der Waals surface area (Å²) in [6, 6.07) is 8.20. The van der Waals surface area contributed by atoms with E-state index >= 15 is 0 Å². The maximum absolute atomic E-state index is 12.9. The molecule has 2 atom stereocenters. The minimum absolute atomic E-state index is 0.00798. The van der Waals surface area contributed by atoms with E-state index in [9.17, 15) is 24.4 Å². The first-order valence-corrected chi connectivity index (χ1v) is 11.7. The lowest BCUT2D eigenvalue weighted by Gasteiger charge is -2.32. The summed E-state index contributed by atoms with van der Waals surface area (Å²) in [5.74, 6) is -4.33. The lowest BCUT2D eigenvalue weighted by atomic mass is 9.78. The Kier molecular flexibility index (Phi) is 9.27. The van der Waals surface area contributed by atoms with Crippen LogP contribution in [-0.2, 0) is 23.9 Å². The summed E-state index contributed by atoms with van der Waals surface area (Å²) in [6.07, 6.45) is 0. The van der Waals surface area contributed by atoms with Crippen LogP contribution in [0.2, 0.25) is 0 Å². The molecule has 1 N–H and O–H groups in total. The molecule has 2 amide bonds. The molecule has 0 spiro atoms. The second-order valence-electron chi connectivity index (χ2n) is 8.21. The molecule has 1 aliphatic rings. The molecule has 2 rings (SSSR count). The maximum atomic E-state index is 12.9. The lowest BCUT2D eigenvalue weighted by molar-refractivity contribution is -0.150. The minimum Gasteiger partial charge on any atom is -0.468 e. The van der Waals surface area contributed by atoms with Gasteiger partial charge in [-0.25, -0.2) is 4.79 Å². The summed E-state index contributed by atoms with van der Waals surface area (Å²) in [4.78, 5) is 51.8. The first-order chi connectivity index (χ1) is 16.1. The van der Waals surface area contributed by atoms with Crippen LogP contribution in [0.5, 0.6) is 0 Å². The van der Waals surface area contributed by atoms with Crippen LogP contribution in [0, 0.1) is 17.2 Å². The highest BCUT2D eigenvalue weighted by atomic mass is 32.2.